The van der Waals surface area contributed by atoms with Gasteiger partial charge >= 0.3 is 5.97 Å². The van der Waals surface area contributed by atoms with Gasteiger partial charge in [-0.25, -0.2) is 4.79 Å². The van der Waals surface area contributed by atoms with Gasteiger partial charge in [0.15, 0.2) is 0 Å². The Morgan fingerprint density at radius 1 is 1.00 bits per heavy atom. The van der Waals surface area contributed by atoms with Crippen molar-refractivity contribution < 1.29 is 19.1 Å². The molecule has 0 unspecified atom stereocenters. The zero-order valence-corrected chi connectivity index (χ0v) is 15.0. The van der Waals surface area contributed by atoms with Gasteiger partial charge in [-0.2, -0.15) is 0 Å². The molecule has 2 N–H and O–H groups in total. The second-order valence-electron chi connectivity index (χ2n) is 6.10. The lowest BCUT2D eigenvalue weighted by Gasteiger charge is -2.10. The average molecular weight is 354 g/mol. The molecule has 6 heteroatoms. The van der Waals surface area contributed by atoms with Crippen LogP contribution in [-0.2, 0) is 16.1 Å². The lowest BCUT2D eigenvalue weighted by Crippen LogP contribution is -2.23. The summed E-state index contributed by atoms with van der Waals surface area (Å²) in [5.74, 6) is -0.863. The number of ether oxygens (including phenoxy) is 1. The van der Waals surface area contributed by atoms with Crippen molar-refractivity contribution in [2.45, 2.75) is 20.4 Å². The predicted octanol–water partition coefficient (Wildman–Crippen LogP) is 3.00. The van der Waals surface area contributed by atoms with Crippen LogP contribution in [0.25, 0.3) is 0 Å². The van der Waals surface area contributed by atoms with Crippen molar-refractivity contribution in [3.05, 3.63) is 65.2 Å². The summed E-state index contributed by atoms with van der Waals surface area (Å²) in [5, 5.41) is 5.64. The van der Waals surface area contributed by atoms with E-state index < -0.39 is 5.97 Å². The quantitative estimate of drug-likeness (QED) is 0.781. The second-order valence-corrected chi connectivity index (χ2v) is 6.10. The highest BCUT2D eigenvalue weighted by molar-refractivity contribution is 5.96. The maximum atomic E-state index is 12.2. The molecule has 6 nitrogen and oxygen atoms in total. The molecule has 136 valence electrons. The minimum atomic E-state index is -0.447. The number of carbonyl (C=O) groups excluding carboxylic acids is 3. The second kappa shape index (κ2) is 8.80. The molecule has 2 aromatic rings. The zero-order valence-electron chi connectivity index (χ0n) is 15.0. The van der Waals surface area contributed by atoms with E-state index in [2.05, 4.69) is 15.4 Å². The van der Waals surface area contributed by atoms with E-state index in [4.69, 9.17) is 0 Å². The van der Waals surface area contributed by atoms with Crippen LogP contribution < -0.4 is 10.6 Å². The van der Waals surface area contributed by atoms with E-state index in [1.807, 2.05) is 32.0 Å². The molecule has 0 aromatic heterocycles. The van der Waals surface area contributed by atoms with E-state index in [9.17, 15) is 14.4 Å². The lowest BCUT2D eigenvalue weighted by atomic mass is 10.1. The Balaban J connectivity index is 1.96. The molecule has 2 aromatic carbocycles. The van der Waals surface area contributed by atoms with Crippen LogP contribution in [0.5, 0.6) is 0 Å². The SMILES string of the molecule is COC(=O)c1ccc(C(=O)NCc2cccc(NC(=O)C(C)C)c2)cc1. The monoisotopic (exact) mass is 354 g/mol. The number of carbonyl (C=O) groups is 3. The third kappa shape index (κ3) is 5.17. The molecular formula is C20H22N2O4. The van der Waals surface area contributed by atoms with Gasteiger partial charge in [-0.1, -0.05) is 26.0 Å². The van der Waals surface area contributed by atoms with E-state index in [1.54, 1.807) is 30.3 Å². The van der Waals surface area contributed by atoms with Crippen LogP contribution in [0, 0.1) is 5.92 Å². The molecule has 0 heterocycles. The summed E-state index contributed by atoms with van der Waals surface area (Å²) in [6, 6.07) is 13.5. The van der Waals surface area contributed by atoms with Crippen LogP contribution in [0.4, 0.5) is 5.69 Å². The molecular weight excluding hydrogens is 332 g/mol. The van der Waals surface area contributed by atoms with Gasteiger partial charge in [0, 0.05) is 23.7 Å². The Morgan fingerprint density at radius 2 is 1.65 bits per heavy atom. The Labute approximate surface area is 152 Å². The number of hydrogen-bond donors (Lipinski definition) is 2. The Morgan fingerprint density at radius 3 is 2.27 bits per heavy atom. The van der Waals surface area contributed by atoms with E-state index in [0.29, 0.717) is 23.4 Å². The van der Waals surface area contributed by atoms with Crippen molar-refractivity contribution in [3.63, 3.8) is 0 Å². The highest BCUT2D eigenvalue weighted by atomic mass is 16.5. The highest BCUT2D eigenvalue weighted by Crippen LogP contribution is 2.12. The van der Waals surface area contributed by atoms with Crippen LogP contribution in [0.2, 0.25) is 0 Å². The number of nitrogens with one attached hydrogen (secondary N) is 2. The van der Waals surface area contributed by atoms with Gasteiger partial charge in [0.1, 0.15) is 0 Å². The third-order valence-corrected chi connectivity index (χ3v) is 3.74. The number of anilines is 1. The van der Waals surface area contributed by atoms with Gasteiger partial charge in [0.2, 0.25) is 5.91 Å². The van der Waals surface area contributed by atoms with Crippen molar-refractivity contribution >= 4 is 23.5 Å². The Bertz CT molecular complexity index is 798. The van der Waals surface area contributed by atoms with Crippen LogP contribution >= 0.6 is 0 Å². The molecule has 0 aliphatic rings. The first-order chi connectivity index (χ1) is 12.4. The summed E-state index contributed by atoms with van der Waals surface area (Å²) in [7, 11) is 1.31. The van der Waals surface area contributed by atoms with E-state index >= 15 is 0 Å². The van der Waals surface area contributed by atoms with E-state index in [-0.39, 0.29) is 17.7 Å². The summed E-state index contributed by atoms with van der Waals surface area (Å²) < 4.78 is 4.63. The molecule has 0 saturated carbocycles. The summed E-state index contributed by atoms with van der Waals surface area (Å²) in [5.41, 5.74) is 2.39. The van der Waals surface area contributed by atoms with E-state index in [0.717, 1.165) is 5.56 Å². The molecule has 0 atom stereocenters. The van der Waals surface area contributed by atoms with Crippen molar-refractivity contribution in [2.24, 2.45) is 5.92 Å². The molecule has 2 amide bonds. The maximum absolute atomic E-state index is 12.2. The standard InChI is InChI=1S/C20H22N2O4/c1-13(2)18(23)22-17-6-4-5-14(11-17)12-21-19(24)15-7-9-16(10-8-15)20(25)26-3/h4-11,13H,12H2,1-3H3,(H,21,24)(H,22,23). The smallest absolute Gasteiger partial charge is 0.337 e. The van der Waals surface area contributed by atoms with Gasteiger partial charge in [0.25, 0.3) is 5.91 Å². The molecule has 26 heavy (non-hydrogen) atoms. The van der Waals surface area contributed by atoms with Crippen LogP contribution in [0.1, 0.15) is 40.1 Å². The first kappa shape index (κ1) is 19.2. The summed E-state index contributed by atoms with van der Waals surface area (Å²) in [6.45, 7) is 3.97. The largest absolute Gasteiger partial charge is 0.465 e. The minimum Gasteiger partial charge on any atom is -0.465 e. The van der Waals surface area contributed by atoms with Gasteiger partial charge in [-0.3, -0.25) is 9.59 Å². The number of methoxy groups -OCH3 is 1. The fourth-order valence-corrected chi connectivity index (χ4v) is 2.21. The van der Waals surface area contributed by atoms with Gasteiger partial charge in [-0.15, -0.1) is 0 Å². The highest BCUT2D eigenvalue weighted by Gasteiger charge is 2.10. The number of benzene rings is 2. The number of amides is 2. The lowest BCUT2D eigenvalue weighted by molar-refractivity contribution is -0.118. The van der Waals surface area contributed by atoms with E-state index in [1.165, 1.54) is 7.11 Å². The van der Waals surface area contributed by atoms with Crippen molar-refractivity contribution in [2.75, 3.05) is 12.4 Å². The Kier molecular flexibility index (Phi) is 6.49. The summed E-state index contributed by atoms with van der Waals surface area (Å²) >= 11 is 0. The van der Waals surface area contributed by atoms with Crippen LogP contribution in [0.3, 0.4) is 0 Å². The van der Waals surface area contributed by atoms with Crippen molar-refractivity contribution in [1.29, 1.82) is 0 Å². The first-order valence-corrected chi connectivity index (χ1v) is 8.27. The summed E-state index contributed by atoms with van der Waals surface area (Å²) in [6.07, 6.45) is 0. The van der Waals surface area contributed by atoms with Gasteiger partial charge < -0.3 is 15.4 Å². The van der Waals surface area contributed by atoms with Crippen molar-refractivity contribution in [3.8, 4) is 0 Å². The normalized spacial score (nSPS) is 10.3. The molecule has 0 saturated heterocycles. The summed E-state index contributed by atoms with van der Waals surface area (Å²) in [4.78, 5) is 35.4. The number of hydrogen-bond acceptors (Lipinski definition) is 4. The molecule has 0 spiro atoms. The van der Waals surface area contributed by atoms with Gasteiger partial charge in [0.05, 0.1) is 12.7 Å². The zero-order chi connectivity index (χ0) is 19.1. The van der Waals surface area contributed by atoms with Crippen LogP contribution in [-0.4, -0.2) is 24.9 Å². The first-order valence-electron chi connectivity index (χ1n) is 8.27. The fourth-order valence-electron chi connectivity index (χ4n) is 2.21. The topological polar surface area (TPSA) is 84.5 Å². The molecule has 0 radical (unpaired) electrons. The van der Waals surface area contributed by atoms with Gasteiger partial charge in [-0.05, 0) is 42.0 Å². The molecule has 0 bridgehead atoms. The predicted molar refractivity (Wildman–Crippen MR) is 98.9 cm³/mol. The molecule has 0 fully saturated rings. The molecule has 0 aliphatic carbocycles. The van der Waals surface area contributed by atoms with Crippen LogP contribution in [0.15, 0.2) is 48.5 Å². The Hall–Kier alpha value is -3.15. The maximum Gasteiger partial charge on any atom is 0.337 e. The molecule has 2 rings (SSSR count). The third-order valence-electron chi connectivity index (χ3n) is 3.74. The van der Waals surface area contributed by atoms with Crippen molar-refractivity contribution in [1.82, 2.24) is 5.32 Å². The minimum absolute atomic E-state index is 0.0584. The molecule has 0 aliphatic heterocycles. The fraction of sp³-hybridized carbons (Fsp3) is 0.250. The average Bonchev–Trinajstić information content (AvgIpc) is 2.65. The number of esters is 1. The number of rotatable bonds is 6.